The van der Waals surface area contributed by atoms with E-state index >= 15 is 0 Å². The second kappa shape index (κ2) is 6.45. The van der Waals surface area contributed by atoms with E-state index in [1.54, 1.807) is 17.4 Å². The van der Waals surface area contributed by atoms with Gasteiger partial charge in [-0.25, -0.2) is 0 Å². The van der Waals surface area contributed by atoms with Gasteiger partial charge in [-0.3, -0.25) is 4.79 Å². The van der Waals surface area contributed by atoms with Gasteiger partial charge >= 0.3 is 0 Å². The first-order valence-electron chi connectivity index (χ1n) is 5.25. The van der Waals surface area contributed by atoms with Crippen molar-refractivity contribution in [2.75, 3.05) is 13.2 Å². The number of carbonyl (C=O) groups excluding carboxylic acids is 1. The zero-order chi connectivity index (χ0) is 12.0. The molecular weight excluding hydrogens is 222 g/mol. The molecule has 4 heteroatoms. The zero-order valence-electron chi connectivity index (χ0n) is 9.56. The summed E-state index contributed by atoms with van der Waals surface area (Å²) in [6, 6.07) is 4.01. The monoisotopic (exact) mass is 239 g/mol. The quantitative estimate of drug-likeness (QED) is 0.770. The molecule has 1 amide bonds. The summed E-state index contributed by atoms with van der Waals surface area (Å²) in [4.78, 5) is 13.7. The van der Waals surface area contributed by atoms with Crippen molar-refractivity contribution in [3.8, 4) is 0 Å². The highest BCUT2D eigenvalue weighted by Gasteiger charge is 2.01. The van der Waals surface area contributed by atoms with Gasteiger partial charge in [0.25, 0.3) is 0 Å². The van der Waals surface area contributed by atoms with Crippen LogP contribution in [0, 0.1) is 12.8 Å². The van der Waals surface area contributed by atoms with Crippen molar-refractivity contribution < 1.29 is 9.90 Å². The number of aryl methyl sites for hydroxylation is 1. The fraction of sp³-hybridized carbons (Fsp3) is 0.417. The van der Waals surface area contributed by atoms with E-state index in [-0.39, 0.29) is 18.4 Å². The van der Waals surface area contributed by atoms with Crippen LogP contribution in [0.25, 0.3) is 6.08 Å². The normalized spacial score (nSPS) is 12.9. The Kier molecular flexibility index (Phi) is 5.22. The first-order valence-corrected chi connectivity index (χ1v) is 6.06. The minimum Gasteiger partial charge on any atom is -0.396 e. The summed E-state index contributed by atoms with van der Waals surface area (Å²) >= 11 is 1.65. The molecule has 88 valence electrons. The van der Waals surface area contributed by atoms with Gasteiger partial charge in [-0.1, -0.05) is 6.92 Å². The Morgan fingerprint density at radius 2 is 2.38 bits per heavy atom. The van der Waals surface area contributed by atoms with E-state index < -0.39 is 0 Å². The molecule has 1 aromatic rings. The molecule has 0 spiro atoms. The Hall–Kier alpha value is -1.13. The molecular formula is C12H17NO2S. The third kappa shape index (κ3) is 4.59. The van der Waals surface area contributed by atoms with E-state index in [1.165, 1.54) is 11.0 Å². The summed E-state index contributed by atoms with van der Waals surface area (Å²) < 4.78 is 0. The van der Waals surface area contributed by atoms with Crippen LogP contribution in [0.5, 0.6) is 0 Å². The largest absolute Gasteiger partial charge is 0.396 e. The summed E-state index contributed by atoms with van der Waals surface area (Å²) in [5, 5.41) is 11.5. The van der Waals surface area contributed by atoms with Gasteiger partial charge in [-0.05, 0) is 31.1 Å². The van der Waals surface area contributed by atoms with Gasteiger partial charge in [0, 0.05) is 29.0 Å². The van der Waals surface area contributed by atoms with Crippen molar-refractivity contribution in [1.29, 1.82) is 0 Å². The van der Waals surface area contributed by atoms with Crippen molar-refractivity contribution in [3.63, 3.8) is 0 Å². The molecule has 16 heavy (non-hydrogen) atoms. The SMILES string of the molecule is Cc1ccc(C=CC(=O)NCC(C)CO)s1. The summed E-state index contributed by atoms with van der Waals surface area (Å²) in [5.41, 5.74) is 0. The van der Waals surface area contributed by atoms with Crippen LogP contribution < -0.4 is 5.32 Å². The highest BCUT2D eigenvalue weighted by Crippen LogP contribution is 2.16. The number of hydrogen-bond acceptors (Lipinski definition) is 3. The first-order chi connectivity index (χ1) is 7.61. The topological polar surface area (TPSA) is 49.3 Å². The van der Waals surface area contributed by atoms with E-state index in [1.807, 2.05) is 26.0 Å². The lowest BCUT2D eigenvalue weighted by molar-refractivity contribution is -0.116. The van der Waals surface area contributed by atoms with Crippen LogP contribution in [0.3, 0.4) is 0 Å². The lowest BCUT2D eigenvalue weighted by atomic mass is 10.2. The van der Waals surface area contributed by atoms with Crippen LogP contribution in [0.1, 0.15) is 16.7 Å². The van der Waals surface area contributed by atoms with Crippen LogP contribution in [0.4, 0.5) is 0 Å². The van der Waals surface area contributed by atoms with Crippen molar-refractivity contribution in [1.82, 2.24) is 5.32 Å². The summed E-state index contributed by atoms with van der Waals surface area (Å²) in [6.07, 6.45) is 3.33. The number of nitrogens with one attached hydrogen (secondary N) is 1. The number of hydrogen-bond donors (Lipinski definition) is 2. The van der Waals surface area contributed by atoms with Gasteiger partial charge in [-0.2, -0.15) is 0 Å². The molecule has 1 unspecified atom stereocenters. The number of amides is 1. The van der Waals surface area contributed by atoms with Crippen LogP contribution in [-0.4, -0.2) is 24.2 Å². The summed E-state index contributed by atoms with van der Waals surface area (Å²) in [7, 11) is 0. The molecule has 0 saturated heterocycles. The van der Waals surface area contributed by atoms with E-state index in [2.05, 4.69) is 5.32 Å². The minimum atomic E-state index is -0.119. The van der Waals surface area contributed by atoms with Crippen LogP contribution in [-0.2, 0) is 4.79 Å². The van der Waals surface area contributed by atoms with Gasteiger partial charge in [0.1, 0.15) is 0 Å². The Labute approximate surface area is 99.8 Å². The second-order valence-corrected chi connectivity index (χ2v) is 5.13. The molecule has 0 aromatic carbocycles. The Bertz CT molecular complexity index is 371. The fourth-order valence-corrected chi connectivity index (χ4v) is 1.88. The van der Waals surface area contributed by atoms with E-state index in [4.69, 9.17) is 5.11 Å². The lowest BCUT2D eigenvalue weighted by Crippen LogP contribution is -2.27. The Morgan fingerprint density at radius 3 is 2.94 bits per heavy atom. The molecule has 0 aliphatic rings. The van der Waals surface area contributed by atoms with Crippen molar-refractivity contribution >= 4 is 23.3 Å². The molecule has 3 nitrogen and oxygen atoms in total. The van der Waals surface area contributed by atoms with Crippen LogP contribution in [0.15, 0.2) is 18.2 Å². The third-order valence-corrected chi connectivity index (χ3v) is 3.06. The standard InChI is InChI=1S/C12H17NO2S/c1-9(8-14)7-13-12(15)6-5-11-4-3-10(2)16-11/h3-6,9,14H,7-8H2,1-2H3,(H,13,15). The Balaban J connectivity index is 2.36. The lowest BCUT2D eigenvalue weighted by Gasteiger charge is -2.07. The molecule has 0 saturated carbocycles. The molecule has 1 atom stereocenters. The average Bonchev–Trinajstić information content (AvgIpc) is 2.69. The molecule has 0 aliphatic heterocycles. The highest BCUT2D eigenvalue weighted by atomic mass is 32.1. The number of thiophene rings is 1. The number of aliphatic hydroxyl groups excluding tert-OH is 1. The van der Waals surface area contributed by atoms with Gasteiger partial charge in [0.05, 0.1) is 0 Å². The molecule has 1 heterocycles. The van der Waals surface area contributed by atoms with Crippen molar-refractivity contribution in [2.24, 2.45) is 5.92 Å². The average molecular weight is 239 g/mol. The minimum absolute atomic E-state index is 0.0914. The van der Waals surface area contributed by atoms with Gasteiger partial charge < -0.3 is 10.4 Å². The van der Waals surface area contributed by atoms with Crippen molar-refractivity contribution in [3.05, 3.63) is 28.0 Å². The van der Waals surface area contributed by atoms with Crippen molar-refractivity contribution in [2.45, 2.75) is 13.8 Å². The molecule has 0 radical (unpaired) electrons. The molecule has 0 aliphatic carbocycles. The van der Waals surface area contributed by atoms with Crippen LogP contribution in [0.2, 0.25) is 0 Å². The van der Waals surface area contributed by atoms with Gasteiger partial charge in [0.2, 0.25) is 5.91 Å². The summed E-state index contributed by atoms with van der Waals surface area (Å²) in [5.74, 6) is -0.0207. The highest BCUT2D eigenvalue weighted by molar-refractivity contribution is 7.12. The maximum atomic E-state index is 11.4. The number of aliphatic hydroxyl groups is 1. The third-order valence-electron chi connectivity index (χ3n) is 2.10. The zero-order valence-corrected chi connectivity index (χ0v) is 10.4. The number of rotatable bonds is 5. The maximum Gasteiger partial charge on any atom is 0.244 e. The predicted octanol–water partition coefficient (Wildman–Crippen LogP) is 1.81. The second-order valence-electron chi connectivity index (χ2n) is 3.81. The smallest absolute Gasteiger partial charge is 0.244 e. The number of carbonyl (C=O) groups is 1. The summed E-state index contributed by atoms with van der Waals surface area (Å²) in [6.45, 7) is 4.51. The predicted molar refractivity (Wildman–Crippen MR) is 67.3 cm³/mol. The maximum absolute atomic E-state index is 11.4. The molecule has 1 rings (SSSR count). The molecule has 1 aromatic heterocycles. The van der Waals surface area contributed by atoms with E-state index in [9.17, 15) is 4.79 Å². The Morgan fingerprint density at radius 1 is 1.62 bits per heavy atom. The fourth-order valence-electron chi connectivity index (χ4n) is 1.10. The first kappa shape index (κ1) is 12.9. The molecule has 0 bridgehead atoms. The molecule has 0 fully saturated rings. The van der Waals surface area contributed by atoms with Gasteiger partial charge in [0.15, 0.2) is 0 Å². The van der Waals surface area contributed by atoms with Gasteiger partial charge in [-0.15, -0.1) is 11.3 Å². The van der Waals surface area contributed by atoms with E-state index in [0.29, 0.717) is 6.54 Å². The van der Waals surface area contributed by atoms with E-state index in [0.717, 1.165) is 4.88 Å². The van der Waals surface area contributed by atoms with Crippen LogP contribution >= 0.6 is 11.3 Å². The molecule has 2 N–H and O–H groups in total.